The standard InChI is InChI=1S/C11H19NO4/c1-8(10-6-12(10)11(13)14)16-7-9-2-4-15-5-3-9/h8-10H,2-7H2,1H3,(H,13,14)/t8-,10?,12?/m1/s1. The molecule has 0 bridgehead atoms. The average molecular weight is 229 g/mol. The van der Waals surface area contributed by atoms with Crippen LogP contribution in [0.5, 0.6) is 0 Å². The minimum Gasteiger partial charge on any atom is -0.465 e. The summed E-state index contributed by atoms with van der Waals surface area (Å²) >= 11 is 0. The molecular formula is C11H19NO4. The topological polar surface area (TPSA) is 58.8 Å². The first-order valence-corrected chi connectivity index (χ1v) is 5.87. The van der Waals surface area contributed by atoms with Gasteiger partial charge in [0.25, 0.3) is 0 Å². The largest absolute Gasteiger partial charge is 0.465 e. The zero-order valence-corrected chi connectivity index (χ0v) is 9.59. The molecule has 5 nitrogen and oxygen atoms in total. The van der Waals surface area contributed by atoms with Gasteiger partial charge in [-0.1, -0.05) is 0 Å². The lowest BCUT2D eigenvalue weighted by atomic mass is 10.0. The Kier molecular flexibility index (Phi) is 3.66. The zero-order valence-electron chi connectivity index (χ0n) is 9.59. The Labute approximate surface area is 95.3 Å². The SMILES string of the molecule is C[C@@H](OCC1CCOCC1)C1CN1C(=O)O. The average Bonchev–Trinajstić information content (AvgIpc) is 3.07. The lowest BCUT2D eigenvalue weighted by Crippen LogP contribution is -2.27. The van der Waals surface area contributed by atoms with Crippen LogP contribution in [0.25, 0.3) is 0 Å². The number of amides is 1. The van der Waals surface area contributed by atoms with Crippen LogP contribution >= 0.6 is 0 Å². The number of hydrogen-bond acceptors (Lipinski definition) is 3. The van der Waals surface area contributed by atoms with Crippen molar-refractivity contribution in [2.24, 2.45) is 5.92 Å². The van der Waals surface area contributed by atoms with E-state index in [2.05, 4.69) is 0 Å². The molecule has 0 radical (unpaired) electrons. The van der Waals surface area contributed by atoms with Gasteiger partial charge in [-0.2, -0.15) is 0 Å². The number of carbonyl (C=O) groups is 1. The van der Waals surface area contributed by atoms with E-state index in [1.807, 2.05) is 6.92 Å². The molecule has 0 aromatic carbocycles. The van der Waals surface area contributed by atoms with E-state index in [0.29, 0.717) is 12.5 Å². The van der Waals surface area contributed by atoms with Crippen LogP contribution in [0.2, 0.25) is 0 Å². The Hall–Kier alpha value is -0.810. The first kappa shape index (κ1) is 11.7. The summed E-state index contributed by atoms with van der Waals surface area (Å²) in [7, 11) is 0. The molecule has 2 aliphatic rings. The smallest absolute Gasteiger partial charge is 0.407 e. The number of carboxylic acid groups (broad SMARTS) is 1. The molecule has 5 heteroatoms. The summed E-state index contributed by atoms with van der Waals surface area (Å²) in [5.74, 6) is 0.577. The first-order valence-electron chi connectivity index (χ1n) is 5.87. The Bertz CT molecular complexity index is 252. The van der Waals surface area contributed by atoms with E-state index in [1.165, 1.54) is 4.90 Å². The molecule has 2 heterocycles. The molecule has 16 heavy (non-hydrogen) atoms. The molecule has 2 fully saturated rings. The van der Waals surface area contributed by atoms with Gasteiger partial charge in [-0.05, 0) is 25.7 Å². The number of nitrogens with zero attached hydrogens (tertiary/aromatic N) is 1. The van der Waals surface area contributed by atoms with Crippen LogP contribution in [0.15, 0.2) is 0 Å². The zero-order chi connectivity index (χ0) is 11.5. The Morgan fingerprint density at radius 1 is 1.56 bits per heavy atom. The van der Waals surface area contributed by atoms with Crippen molar-refractivity contribution in [3.63, 3.8) is 0 Å². The van der Waals surface area contributed by atoms with Crippen molar-refractivity contribution >= 4 is 6.09 Å². The molecule has 1 unspecified atom stereocenters. The maximum atomic E-state index is 10.6. The highest BCUT2D eigenvalue weighted by atomic mass is 16.5. The summed E-state index contributed by atoms with van der Waals surface area (Å²) in [6, 6.07) is 0.0670. The molecule has 2 atom stereocenters. The fraction of sp³-hybridized carbons (Fsp3) is 0.909. The van der Waals surface area contributed by atoms with Crippen molar-refractivity contribution in [2.75, 3.05) is 26.4 Å². The van der Waals surface area contributed by atoms with E-state index in [-0.39, 0.29) is 12.1 Å². The van der Waals surface area contributed by atoms with E-state index in [9.17, 15) is 4.79 Å². The third-order valence-electron chi connectivity index (χ3n) is 3.37. The third-order valence-corrected chi connectivity index (χ3v) is 3.37. The van der Waals surface area contributed by atoms with Crippen molar-refractivity contribution in [1.29, 1.82) is 0 Å². The van der Waals surface area contributed by atoms with Gasteiger partial charge in [0.2, 0.25) is 0 Å². The van der Waals surface area contributed by atoms with E-state index in [1.54, 1.807) is 0 Å². The highest BCUT2D eigenvalue weighted by Crippen LogP contribution is 2.24. The van der Waals surface area contributed by atoms with Crippen molar-refractivity contribution in [3.8, 4) is 0 Å². The molecular weight excluding hydrogens is 210 g/mol. The van der Waals surface area contributed by atoms with E-state index >= 15 is 0 Å². The fourth-order valence-electron chi connectivity index (χ4n) is 2.09. The molecule has 1 N–H and O–H groups in total. The highest BCUT2D eigenvalue weighted by molar-refractivity contribution is 5.68. The van der Waals surface area contributed by atoms with Crippen molar-refractivity contribution in [1.82, 2.24) is 4.90 Å². The molecule has 0 saturated carbocycles. The fourth-order valence-corrected chi connectivity index (χ4v) is 2.09. The molecule has 0 aromatic heterocycles. The predicted octanol–water partition coefficient (Wildman–Crippen LogP) is 1.18. The lowest BCUT2D eigenvalue weighted by Gasteiger charge is -2.23. The number of ether oxygens (including phenoxy) is 2. The third kappa shape index (κ3) is 2.86. The van der Waals surface area contributed by atoms with Crippen LogP contribution in [0.4, 0.5) is 4.79 Å². The lowest BCUT2D eigenvalue weighted by molar-refractivity contribution is -0.00808. The molecule has 0 aromatic rings. The van der Waals surface area contributed by atoms with Gasteiger partial charge >= 0.3 is 6.09 Å². The summed E-state index contributed by atoms with van der Waals surface area (Å²) in [6.07, 6.45) is 1.28. The van der Waals surface area contributed by atoms with Crippen molar-refractivity contribution < 1.29 is 19.4 Å². The van der Waals surface area contributed by atoms with Crippen LogP contribution < -0.4 is 0 Å². The van der Waals surface area contributed by atoms with Gasteiger partial charge in [-0.25, -0.2) is 4.79 Å². The number of hydrogen-bond donors (Lipinski definition) is 1. The normalized spacial score (nSPS) is 27.8. The van der Waals surface area contributed by atoms with Crippen LogP contribution in [-0.2, 0) is 9.47 Å². The van der Waals surface area contributed by atoms with E-state index in [0.717, 1.165) is 32.7 Å². The monoisotopic (exact) mass is 229 g/mol. The quantitative estimate of drug-likeness (QED) is 0.735. The van der Waals surface area contributed by atoms with Gasteiger partial charge in [-0.15, -0.1) is 0 Å². The van der Waals surface area contributed by atoms with Crippen LogP contribution in [0, 0.1) is 5.92 Å². The minimum absolute atomic E-state index is 0.0129. The molecule has 2 aliphatic heterocycles. The Balaban J connectivity index is 1.64. The van der Waals surface area contributed by atoms with Crippen LogP contribution in [0.1, 0.15) is 19.8 Å². The molecule has 2 saturated heterocycles. The van der Waals surface area contributed by atoms with Gasteiger partial charge in [0.1, 0.15) is 0 Å². The number of rotatable bonds is 4. The Morgan fingerprint density at radius 2 is 2.25 bits per heavy atom. The summed E-state index contributed by atoms with van der Waals surface area (Å²) in [5.41, 5.74) is 0. The summed E-state index contributed by atoms with van der Waals surface area (Å²) in [5, 5.41) is 8.74. The van der Waals surface area contributed by atoms with E-state index < -0.39 is 6.09 Å². The maximum absolute atomic E-state index is 10.6. The van der Waals surface area contributed by atoms with Crippen LogP contribution in [0.3, 0.4) is 0 Å². The predicted molar refractivity (Wildman–Crippen MR) is 57.5 cm³/mol. The van der Waals surface area contributed by atoms with Crippen molar-refractivity contribution in [2.45, 2.75) is 31.9 Å². The van der Waals surface area contributed by atoms with Gasteiger partial charge in [0.15, 0.2) is 0 Å². The maximum Gasteiger partial charge on any atom is 0.407 e. The first-order chi connectivity index (χ1) is 7.68. The minimum atomic E-state index is -0.841. The summed E-state index contributed by atoms with van der Waals surface area (Å²) < 4.78 is 11.0. The second-order valence-corrected chi connectivity index (χ2v) is 4.60. The summed E-state index contributed by atoms with van der Waals surface area (Å²) in [6.45, 7) is 4.95. The van der Waals surface area contributed by atoms with Crippen molar-refractivity contribution in [3.05, 3.63) is 0 Å². The van der Waals surface area contributed by atoms with E-state index in [4.69, 9.17) is 14.6 Å². The van der Waals surface area contributed by atoms with Gasteiger partial charge in [0, 0.05) is 19.8 Å². The molecule has 2 rings (SSSR count). The van der Waals surface area contributed by atoms with Crippen LogP contribution in [-0.4, -0.2) is 54.6 Å². The van der Waals surface area contributed by atoms with Gasteiger partial charge in [0.05, 0.1) is 18.8 Å². The Morgan fingerprint density at radius 3 is 2.81 bits per heavy atom. The molecule has 0 spiro atoms. The second-order valence-electron chi connectivity index (χ2n) is 4.60. The molecule has 92 valence electrons. The second kappa shape index (κ2) is 5.01. The summed E-state index contributed by atoms with van der Waals surface area (Å²) in [4.78, 5) is 12.0. The highest BCUT2D eigenvalue weighted by Gasteiger charge is 2.43. The molecule has 0 aliphatic carbocycles. The van der Waals surface area contributed by atoms with Gasteiger partial charge in [-0.3, -0.25) is 4.90 Å². The molecule has 1 amide bonds. The van der Waals surface area contributed by atoms with Gasteiger partial charge < -0.3 is 14.6 Å².